The summed E-state index contributed by atoms with van der Waals surface area (Å²) in [6.45, 7) is 4.53. The highest BCUT2D eigenvalue weighted by atomic mass is 16.2. The molecule has 17 heavy (non-hydrogen) atoms. The molecule has 1 heterocycles. The van der Waals surface area contributed by atoms with Crippen molar-refractivity contribution in [3.05, 3.63) is 24.0 Å². The second-order valence-electron chi connectivity index (χ2n) is 4.99. The van der Waals surface area contributed by atoms with Crippen molar-refractivity contribution in [1.82, 2.24) is 9.88 Å². The van der Waals surface area contributed by atoms with Crippen molar-refractivity contribution in [1.29, 1.82) is 0 Å². The summed E-state index contributed by atoms with van der Waals surface area (Å²) >= 11 is 0. The molecular weight excluding hydrogens is 212 g/mol. The smallest absolute Gasteiger partial charge is 0.0431 e. The van der Waals surface area contributed by atoms with Gasteiger partial charge in [0.15, 0.2) is 0 Å². The van der Waals surface area contributed by atoms with E-state index in [1.54, 1.807) is 0 Å². The number of hydrogen-bond donors (Lipinski definition) is 2. The number of hydrogen-bond acceptors (Lipinski definition) is 2. The molecule has 0 spiro atoms. The van der Waals surface area contributed by atoms with Gasteiger partial charge in [0, 0.05) is 31.6 Å². The molecule has 1 fully saturated rings. The molecule has 0 amide bonds. The number of aromatic nitrogens is 1. The highest BCUT2D eigenvalue weighted by Gasteiger charge is 2.31. The van der Waals surface area contributed by atoms with Crippen molar-refractivity contribution in [2.24, 2.45) is 5.92 Å². The van der Waals surface area contributed by atoms with E-state index in [9.17, 15) is 0 Å². The number of aryl methyl sites for hydroxylation is 1. The van der Waals surface area contributed by atoms with Crippen LogP contribution in [0.1, 0.15) is 44.2 Å². The summed E-state index contributed by atoms with van der Waals surface area (Å²) in [7, 11) is 0. The fraction of sp³-hybridized carbons (Fsp3) is 0.714. The van der Waals surface area contributed by atoms with E-state index < -0.39 is 0 Å². The highest BCUT2D eigenvalue weighted by Crippen LogP contribution is 2.40. The van der Waals surface area contributed by atoms with Crippen LogP contribution in [0, 0.1) is 5.92 Å². The van der Waals surface area contributed by atoms with Gasteiger partial charge in [-0.2, -0.15) is 0 Å². The Hall–Kier alpha value is -0.800. The Kier molecular flexibility index (Phi) is 4.63. The zero-order valence-electron chi connectivity index (χ0n) is 10.7. The maximum atomic E-state index is 8.77. The van der Waals surface area contributed by atoms with Gasteiger partial charge >= 0.3 is 0 Å². The number of aliphatic hydroxyl groups is 1. The molecule has 1 aliphatic rings. The first kappa shape index (κ1) is 12.7. The summed E-state index contributed by atoms with van der Waals surface area (Å²) in [6, 6.07) is 2.80. The highest BCUT2D eigenvalue weighted by molar-refractivity contribution is 5.18. The second kappa shape index (κ2) is 6.22. The summed E-state index contributed by atoms with van der Waals surface area (Å²) in [4.78, 5) is 0. The van der Waals surface area contributed by atoms with Gasteiger partial charge in [-0.15, -0.1) is 0 Å². The molecule has 3 nitrogen and oxygen atoms in total. The minimum Gasteiger partial charge on any atom is -0.396 e. The lowest BCUT2D eigenvalue weighted by molar-refractivity contribution is 0.281. The Balaban J connectivity index is 1.90. The monoisotopic (exact) mass is 236 g/mol. The van der Waals surface area contributed by atoms with E-state index in [0.717, 1.165) is 31.8 Å². The molecule has 1 aromatic rings. The number of nitrogens with zero attached hydrogens (tertiary/aromatic N) is 1. The number of nitrogens with one attached hydrogen (secondary N) is 1. The summed E-state index contributed by atoms with van der Waals surface area (Å²) < 4.78 is 2.25. The lowest BCUT2D eigenvalue weighted by Crippen LogP contribution is -2.22. The van der Waals surface area contributed by atoms with Crippen molar-refractivity contribution in [2.75, 3.05) is 13.2 Å². The van der Waals surface area contributed by atoms with Crippen LogP contribution >= 0.6 is 0 Å². The first-order valence-corrected chi connectivity index (χ1v) is 6.85. The molecule has 1 aliphatic carbocycles. The first-order chi connectivity index (χ1) is 8.35. The average molecular weight is 236 g/mol. The van der Waals surface area contributed by atoms with Crippen molar-refractivity contribution >= 4 is 0 Å². The number of aliphatic hydroxyl groups excluding tert-OH is 1. The van der Waals surface area contributed by atoms with Crippen molar-refractivity contribution in [3.8, 4) is 0 Å². The molecule has 1 aromatic heterocycles. The van der Waals surface area contributed by atoms with Crippen LogP contribution in [0.3, 0.4) is 0 Å². The minimum absolute atomic E-state index is 0.302. The van der Waals surface area contributed by atoms with Gasteiger partial charge in [-0.05, 0) is 49.8 Å². The van der Waals surface area contributed by atoms with Gasteiger partial charge < -0.3 is 15.0 Å². The van der Waals surface area contributed by atoms with E-state index in [1.165, 1.54) is 18.4 Å². The standard InChI is InChI=1S/C14H24N2O/c1-2-15-14(12-5-6-12)13-7-9-16(11-13)8-3-4-10-17/h7,9,11-12,14-15,17H,2-6,8,10H2,1H3. The molecule has 0 aromatic carbocycles. The van der Waals surface area contributed by atoms with Gasteiger partial charge in [0.25, 0.3) is 0 Å². The first-order valence-electron chi connectivity index (χ1n) is 6.85. The van der Waals surface area contributed by atoms with Crippen molar-refractivity contribution < 1.29 is 5.11 Å². The topological polar surface area (TPSA) is 37.2 Å². The lowest BCUT2D eigenvalue weighted by Gasteiger charge is -2.15. The predicted octanol–water partition coefficient (Wildman–Crippen LogP) is 2.32. The van der Waals surface area contributed by atoms with E-state index in [1.807, 2.05) is 0 Å². The normalized spacial score (nSPS) is 17.3. The molecule has 96 valence electrons. The largest absolute Gasteiger partial charge is 0.396 e. The number of unbranched alkanes of at least 4 members (excludes halogenated alkanes) is 1. The summed E-state index contributed by atoms with van der Waals surface area (Å²) in [5.74, 6) is 0.850. The van der Waals surface area contributed by atoms with E-state index >= 15 is 0 Å². The van der Waals surface area contributed by atoms with Crippen LogP contribution in [0.5, 0.6) is 0 Å². The van der Waals surface area contributed by atoms with Crippen molar-refractivity contribution in [3.63, 3.8) is 0 Å². The Labute approximate surface area is 104 Å². The Morgan fingerprint density at radius 1 is 1.47 bits per heavy atom. The molecule has 1 saturated carbocycles. The molecule has 2 N–H and O–H groups in total. The van der Waals surface area contributed by atoms with Crippen LogP contribution in [0.4, 0.5) is 0 Å². The van der Waals surface area contributed by atoms with Crippen molar-refractivity contribution in [2.45, 2.75) is 45.2 Å². The van der Waals surface area contributed by atoms with Gasteiger partial charge in [0.2, 0.25) is 0 Å². The fourth-order valence-electron chi connectivity index (χ4n) is 2.39. The van der Waals surface area contributed by atoms with Crippen LogP contribution in [-0.2, 0) is 6.54 Å². The van der Waals surface area contributed by atoms with E-state index in [-0.39, 0.29) is 0 Å². The Bertz CT molecular complexity index is 331. The quantitative estimate of drug-likeness (QED) is 0.680. The van der Waals surface area contributed by atoms with E-state index in [4.69, 9.17) is 5.11 Å². The van der Waals surface area contributed by atoms with Crippen LogP contribution in [0.2, 0.25) is 0 Å². The van der Waals surface area contributed by atoms with Crippen LogP contribution < -0.4 is 5.32 Å². The molecule has 0 aliphatic heterocycles. The minimum atomic E-state index is 0.302. The predicted molar refractivity (Wildman–Crippen MR) is 69.9 cm³/mol. The Morgan fingerprint density at radius 2 is 2.29 bits per heavy atom. The lowest BCUT2D eigenvalue weighted by atomic mass is 10.1. The molecule has 0 radical (unpaired) electrons. The number of rotatable bonds is 8. The molecule has 1 unspecified atom stereocenters. The van der Waals surface area contributed by atoms with Gasteiger partial charge in [0.05, 0.1) is 0 Å². The van der Waals surface area contributed by atoms with Gasteiger partial charge in [0.1, 0.15) is 0 Å². The third-order valence-electron chi connectivity index (χ3n) is 3.47. The maximum absolute atomic E-state index is 8.77. The molecular formula is C14H24N2O. The Morgan fingerprint density at radius 3 is 2.94 bits per heavy atom. The molecule has 0 bridgehead atoms. The van der Waals surface area contributed by atoms with Crippen LogP contribution in [0.25, 0.3) is 0 Å². The third kappa shape index (κ3) is 3.58. The van der Waals surface area contributed by atoms with Crippen LogP contribution in [0.15, 0.2) is 18.5 Å². The molecule has 0 saturated heterocycles. The van der Waals surface area contributed by atoms with E-state index in [2.05, 4.69) is 35.3 Å². The van der Waals surface area contributed by atoms with Crippen LogP contribution in [-0.4, -0.2) is 22.8 Å². The summed E-state index contributed by atoms with van der Waals surface area (Å²) in [5.41, 5.74) is 1.43. The van der Waals surface area contributed by atoms with Gasteiger partial charge in [-0.3, -0.25) is 0 Å². The second-order valence-corrected chi connectivity index (χ2v) is 4.99. The molecule has 1 atom stereocenters. The van der Waals surface area contributed by atoms with E-state index in [0.29, 0.717) is 12.6 Å². The zero-order chi connectivity index (χ0) is 12.1. The SMILES string of the molecule is CCNC(c1ccn(CCCCO)c1)C1CC1. The summed E-state index contributed by atoms with van der Waals surface area (Å²) in [6.07, 6.45) is 9.12. The van der Waals surface area contributed by atoms with Gasteiger partial charge in [-0.25, -0.2) is 0 Å². The molecule has 3 heteroatoms. The fourth-order valence-corrected chi connectivity index (χ4v) is 2.39. The van der Waals surface area contributed by atoms with Gasteiger partial charge in [-0.1, -0.05) is 6.92 Å². The average Bonchev–Trinajstić information content (AvgIpc) is 3.06. The molecule has 2 rings (SSSR count). The third-order valence-corrected chi connectivity index (χ3v) is 3.47. The maximum Gasteiger partial charge on any atom is 0.0431 e. The summed E-state index contributed by atoms with van der Waals surface area (Å²) in [5, 5.41) is 12.4. The zero-order valence-corrected chi connectivity index (χ0v) is 10.7.